The van der Waals surface area contributed by atoms with E-state index in [-0.39, 0.29) is 12.7 Å². The van der Waals surface area contributed by atoms with Crippen LogP contribution in [-0.4, -0.2) is 14.0 Å². The topological polar surface area (TPSA) is 0 Å². The van der Waals surface area contributed by atoms with Gasteiger partial charge in [0.15, 0.2) is 0 Å². The van der Waals surface area contributed by atoms with Gasteiger partial charge in [-0.15, -0.1) is 0 Å². The van der Waals surface area contributed by atoms with Gasteiger partial charge >= 0.3 is 316 Å². The average molecular weight is 816 g/mol. The third-order valence-electron chi connectivity index (χ3n) is 12.0. The van der Waals surface area contributed by atoms with Gasteiger partial charge in [-0.1, -0.05) is 0 Å². The number of fused-ring (bicyclic) bond motifs is 2. The second-order valence-electron chi connectivity index (χ2n) is 17.7. The summed E-state index contributed by atoms with van der Waals surface area (Å²) in [6, 6.07) is 32.5. The Labute approximate surface area is 313 Å². The average Bonchev–Trinajstić information content (AvgIpc) is 3.63. The summed E-state index contributed by atoms with van der Waals surface area (Å²) in [7, 11) is 16.1. The molecule has 0 aliphatic heterocycles. The first-order chi connectivity index (χ1) is 23.4. The summed E-state index contributed by atoms with van der Waals surface area (Å²) in [5, 5.41) is 1.49. The van der Waals surface area contributed by atoms with Crippen molar-refractivity contribution in [2.75, 3.05) is 0 Å². The van der Waals surface area contributed by atoms with Gasteiger partial charge in [0, 0.05) is 0 Å². The molecule has 263 valence electrons. The quantitative estimate of drug-likeness (QED) is 0.148. The van der Waals surface area contributed by atoms with Gasteiger partial charge in [0.05, 0.1) is 0 Å². The molecule has 0 spiro atoms. The summed E-state index contributed by atoms with van der Waals surface area (Å²) in [6.07, 6.45) is 7.26. The Balaban J connectivity index is 1.53. The Kier molecular flexibility index (Phi) is 10.3. The molecular weight excluding hydrogens is 759 g/mol. The van der Waals surface area contributed by atoms with E-state index in [1.54, 1.807) is 0 Å². The molecule has 0 saturated carbocycles. The van der Waals surface area contributed by atoms with Crippen molar-refractivity contribution in [1.82, 2.24) is 0 Å². The number of rotatable bonds is 9. The van der Waals surface area contributed by atoms with Crippen LogP contribution >= 0.6 is 17.0 Å². The minimum absolute atomic E-state index is 0.0885. The maximum absolute atomic E-state index is 8.73. The standard InChI is InChI=1S/C24H29.C19H21Si.C2H7Si.2ClH.Zr/c1-6-8-17(2)20-15-19-9-7-10-22(23(19)16-20)18-11-13-21(14-12-18)24(3,4)5;1-14-12-16-6-5-7-18(19(16)13-14)15-8-10-17(11-9-15)20(2,3)4;1-3-2;;;/h7,9-17H,6,8H2,1-5H3;5-13H,1-4H3;3H,1-2H3;2*1H;/q;;;;;+2/p-2. The van der Waals surface area contributed by atoms with E-state index in [0.717, 1.165) is 12.8 Å². The Bertz CT molecular complexity index is 1970. The summed E-state index contributed by atoms with van der Waals surface area (Å²) >= 11 is -4.86. The molecule has 2 aliphatic rings. The van der Waals surface area contributed by atoms with E-state index >= 15 is 0 Å². The van der Waals surface area contributed by atoms with Crippen molar-refractivity contribution in [3.8, 4) is 22.3 Å². The normalized spacial score (nSPS) is 19.0. The molecule has 0 aromatic heterocycles. The van der Waals surface area contributed by atoms with Gasteiger partial charge in [-0.3, -0.25) is 0 Å². The molecule has 6 rings (SSSR count). The van der Waals surface area contributed by atoms with E-state index in [1.807, 2.05) is 0 Å². The second kappa shape index (κ2) is 13.6. The van der Waals surface area contributed by atoms with E-state index in [0.29, 0.717) is 5.92 Å². The first-order valence-corrected chi connectivity index (χ1v) is 38.6. The molecule has 0 bridgehead atoms. The van der Waals surface area contributed by atoms with E-state index in [4.69, 9.17) is 17.0 Å². The molecule has 0 radical (unpaired) electrons. The molecule has 4 aromatic rings. The van der Waals surface area contributed by atoms with Crippen molar-refractivity contribution < 1.29 is 15.6 Å². The molecule has 0 saturated heterocycles. The van der Waals surface area contributed by atoms with E-state index in [1.165, 1.54) is 66.4 Å². The first kappa shape index (κ1) is 38.0. The zero-order chi connectivity index (χ0) is 36.4. The molecule has 0 amide bonds. The SMILES string of the molecule is CCCC(C)C1=Cc2c(-c3ccc(C(C)(C)C)cc3)cccc2[CH]1[Zr]([Cl])([Cl])([CH]1C(C)=Cc2c(-c3ccc([Si](C)(C)C)cc3)cccc21)[SiH](C)C. The van der Waals surface area contributed by atoms with Crippen molar-refractivity contribution in [2.24, 2.45) is 5.92 Å². The fourth-order valence-electron chi connectivity index (χ4n) is 8.99. The van der Waals surface area contributed by atoms with Crippen LogP contribution in [0.3, 0.4) is 0 Å². The Hall–Kier alpha value is -1.74. The number of allylic oxidation sites excluding steroid dienone is 2. The fourth-order valence-corrected chi connectivity index (χ4v) is 42.2. The van der Waals surface area contributed by atoms with Crippen LogP contribution in [-0.2, 0) is 21.0 Å². The Morgan fingerprint density at radius 1 is 0.740 bits per heavy atom. The molecule has 4 aromatic carbocycles. The van der Waals surface area contributed by atoms with E-state index < -0.39 is 29.6 Å². The summed E-state index contributed by atoms with van der Waals surface area (Å²) < 4.78 is 0.182. The van der Waals surface area contributed by atoms with Crippen LogP contribution in [0.25, 0.3) is 34.4 Å². The molecule has 5 heteroatoms. The van der Waals surface area contributed by atoms with Crippen LogP contribution in [0.2, 0.25) is 32.7 Å². The third kappa shape index (κ3) is 6.44. The van der Waals surface area contributed by atoms with Gasteiger partial charge in [0.25, 0.3) is 0 Å². The fraction of sp³-hybridized carbons (Fsp3) is 0.378. The van der Waals surface area contributed by atoms with Crippen LogP contribution in [0.5, 0.6) is 0 Å². The predicted octanol–water partition coefficient (Wildman–Crippen LogP) is 13.9. The molecule has 3 atom stereocenters. The van der Waals surface area contributed by atoms with Crippen molar-refractivity contribution in [3.63, 3.8) is 0 Å². The Morgan fingerprint density at radius 2 is 1.24 bits per heavy atom. The number of benzene rings is 4. The number of hydrogen-bond acceptors (Lipinski definition) is 0. The molecule has 3 unspecified atom stereocenters. The first-order valence-electron chi connectivity index (χ1n) is 18.8. The van der Waals surface area contributed by atoms with Crippen molar-refractivity contribution in [1.29, 1.82) is 0 Å². The van der Waals surface area contributed by atoms with Gasteiger partial charge < -0.3 is 0 Å². The van der Waals surface area contributed by atoms with Crippen molar-refractivity contribution in [2.45, 2.75) is 99.8 Å². The molecule has 0 nitrogen and oxygen atoms in total. The van der Waals surface area contributed by atoms with Crippen LogP contribution in [0, 0.1) is 5.92 Å². The van der Waals surface area contributed by atoms with Crippen LogP contribution < -0.4 is 5.19 Å². The van der Waals surface area contributed by atoms with Gasteiger partial charge in [0.1, 0.15) is 0 Å². The molecule has 0 heterocycles. The molecule has 2 aliphatic carbocycles. The monoisotopic (exact) mass is 813 g/mol. The van der Waals surface area contributed by atoms with Crippen molar-refractivity contribution >= 4 is 48.4 Å². The summed E-state index contributed by atoms with van der Waals surface area (Å²) in [6.45, 7) is 26.1. The van der Waals surface area contributed by atoms with Gasteiger partial charge in [-0.25, -0.2) is 0 Å². The molecule has 50 heavy (non-hydrogen) atoms. The summed E-state index contributed by atoms with van der Waals surface area (Å²) in [5.41, 5.74) is 14.8. The van der Waals surface area contributed by atoms with Crippen LogP contribution in [0.1, 0.15) is 89.5 Å². The van der Waals surface area contributed by atoms with Gasteiger partial charge in [-0.05, 0) is 0 Å². The summed E-state index contributed by atoms with van der Waals surface area (Å²) in [4.78, 5) is 0. The number of hydrogen-bond donors (Lipinski definition) is 0. The predicted molar refractivity (Wildman–Crippen MR) is 227 cm³/mol. The van der Waals surface area contributed by atoms with Crippen LogP contribution in [0.4, 0.5) is 0 Å². The van der Waals surface area contributed by atoms with E-state index in [9.17, 15) is 0 Å². The number of halogens is 2. The Morgan fingerprint density at radius 3 is 1.72 bits per heavy atom. The minimum atomic E-state index is -4.86. The van der Waals surface area contributed by atoms with Gasteiger partial charge in [0.2, 0.25) is 0 Å². The zero-order valence-electron chi connectivity index (χ0n) is 32.2. The molecule has 0 N–H and O–H groups in total. The molecule has 0 fully saturated rings. The van der Waals surface area contributed by atoms with Crippen molar-refractivity contribution in [3.05, 3.63) is 124 Å². The molecular formula is C45H57Cl2Si2Zr. The van der Waals surface area contributed by atoms with Gasteiger partial charge in [-0.2, -0.15) is 0 Å². The van der Waals surface area contributed by atoms with E-state index in [2.05, 4.69) is 171 Å². The third-order valence-corrected chi connectivity index (χ3v) is 66.0. The maximum atomic E-state index is 8.73. The van der Waals surface area contributed by atoms with Crippen LogP contribution in [0.15, 0.2) is 96.1 Å². The zero-order valence-corrected chi connectivity index (χ0v) is 38.3. The summed E-state index contributed by atoms with van der Waals surface area (Å²) in [5.74, 6) is -1.23. The second-order valence-corrected chi connectivity index (χ2v) is 65.3.